The largest absolute Gasteiger partial charge is 0.493 e. The first kappa shape index (κ1) is 20.2. The number of likely N-dealkylation sites (N-methyl/N-ethyl adjacent to an activating group) is 1. The number of carbonyl (C=O) groups excluding carboxylic acids is 1. The highest BCUT2D eigenvalue weighted by Crippen LogP contribution is 2.32. The maximum Gasteiger partial charge on any atom is 0.273 e. The lowest BCUT2D eigenvalue weighted by atomic mass is 10.1. The van der Waals surface area contributed by atoms with Crippen molar-refractivity contribution in [2.45, 2.75) is 13.5 Å². The van der Waals surface area contributed by atoms with Crippen LogP contribution in [0.3, 0.4) is 0 Å². The number of amides is 1. The van der Waals surface area contributed by atoms with E-state index >= 15 is 0 Å². The van der Waals surface area contributed by atoms with Crippen LogP contribution in [0.4, 0.5) is 5.69 Å². The minimum absolute atomic E-state index is 0.142. The zero-order valence-electron chi connectivity index (χ0n) is 16.3. The number of benzene rings is 2. The third kappa shape index (κ3) is 4.87. The maximum absolute atomic E-state index is 12.6. The molecule has 1 aliphatic rings. The van der Waals surface area contributed by atoms with E-state index in [1.807, 2.05) is 25.1 Å². The number of hydrogen-bond donors (Lipinski definition) is 0. The zero-order chi connectivity index (χ0) is 20.8. The molecule has 2 aromatic carbocycles. The van der Waals surface area contributed by atoms with Crippen LogP contribution in [0.15, 0.2) is 36.4 Å². The van der Waals surface area contributed by atoms with Gasteiger partial charge in [-0.15, -0.1) is 0 Å². The molecule has 1 aliphatic heterocycles. The van der Waals surface area contributed by atoms with E-state index in [9.17, 15) is 14.9 Å². The van der Waals surface area contributed by atoms with Gasteiger partial charge in [-0.25, -0.2) is 0 Å². The Balaban J connectivity index is 1.66. The van der Waals surface area contributed by atoms with Gasteiger partial charge in [0.25, 0.3) is 11.6 Å². The highest BCUT2D eigenvalue weighted by atomic mass is 16.6. The molecule has 0 fully saturated rings. The van der Waals surface area contributed by atoms with Crippen molar-refractivity contribution >= 4 is 11.6 Å². The second-order valence-corrected chi connectivity index (χ2v) is 6.27. The number of nitro benzene ring substituents is 1. The molecule has 0 saturated carbocycles. The van der Waals surface area contributed by atoms with Crippen molar-refractivity contribution in [3.05, 3.63) is 52.1 Å². The Morgan fingerprint density at radius 3 is 2.59 bits per heavy atom. The van der Waals surface area contributed by atoms with E-state index in [1.165, 1.54) is 25.3 Å². The van der Waals surface area contributed by atoms with Crippen molar-refractivity contribution in [3.8, 4) is 23.0 Å². The van der Waals surface area contributed by atoms with Gasteiger partial charge in [0.15, 0.2) is 29.6 Å². The second-order valence-electron chi connectivity index (χ2n) is 6.27. The molecule has 0 saturated heterocycles. The van der Waals surface area contributed by atoms with Gasteiger partial charge in [0.2, 0.25) is 0 Å². The number of methoxy groups -OCH3 is 1. The molecule has 1 heterocycles. The smallest absolute Gasteiger partial charge is 0.273 e. The Labute approximate surface area is 167 Å². The molecular formula is C20H22N2O7. The van der Waals surface area contributed by atoms with Gasteiger partial charge in [-0.1, -0.05) is 6.07 Å². The fraction of sp³-hybridized carbons (Fsp3) is 0.350. The predicted octanol–water partition coefficient (Wildman–Crippen LogP) is 2.80. The average Bonchev–Trinajstić information content (AvgIpc) is 2.75. The van der Waals surface area contributed by atoms with Crippen molar-refractivity contribution in [1.82, 2.24) is 4.90 Å². The minimum Gasteiger partial charge on any atom is -0.493 e. The Bertz CT molecular complexity index is 900. The quantitative estimate of drug-likeness (QED) is 0.494. The molecular weight excluding hydrogens is 380 g/mol. The van der Waals surface area contributed by atoms with Gasteiger partial charge in [-0.3, -0.25) is 14.9 Å². The molecule has 0 atom stereocenters. The van der Waals surface area contributed by atoms with E-state index in [0.29, 0.717) is 43.6 Å². The number of carbonyl (C=O) groups is 1. The van der Waals surface area contributed by atoms with Crippen molar-refractivity contribution < 1.29 is 28.7 Å². The van der Waals surface area contributed by atoms with E-state index in [2.05, 4.69) is 0 Å². The van der Waals surface area contributed by atoms with E-state index in [4.69, 9.17) is 18.9 Å². The van der Waals surface area contributed by atoms with Gasteiger partial charge >= 0.3 is 0 Å². The van der Waals surface area contributed by atoms with Gasteiger partial charge in [-0.2, -0.15) is 0 Å². The van der Waals surface area contributed by atoms with E-state index in [0.717, 1.165) is 5.56 Å². The van der Waals surface area contributed by atoms with Crippen LogP contribution in [0, 0.1) is 10.1 Å². The summed E-state index contributed by atoms with van der Waals surface area (Å²) >= 11 is 0. The average molecular weight is 402 g/mol. The Hall–Kier alpha value is -3.49. The summed E-state index contributed by atoms with van der Waals surface area (Å²) < 4.78 is 21.8. The number of rotatable bonds is 8. The molecule has 2 aromatic rings. The monoisotopic (exact) mass is 402 g/mol. The molecule has 0 bridgehead atoms. The maximum atomic E-state index is 12.6. The van der Waals surface area contributed by atoms with Gasteiger partial charge in [0.05, 0.1) is 18.1 Å². The zero-order valence-corrected chi connectivity index (χ0v) is 16.3. The van der Waals surface area contributed by atoms with Crippen LogP contribution in [0.2, 0.25) is 0 Å². The first-order chi connectivity index (χ1) is 14.0. The lowest BCUT2D eigenvalue weighted by Gasteiger charge is -2.23. The number of ether oxygens (including phenoxy) is 4. The highest BCUT2D eigenvalue weighted by molar-refractivity contribution is 5.78. The summed E-state index contributed by atoms with van der Waals surface area (Å²) in [5.74, 6) is 1.56. The van der Waals surface area contributed by atoms with Crippen LogP contribution in [-0.4, -0.2) is 49.2 Å². The normalized spacial score (nSPS) is 12.2. The number of nitrogens with zero attached hydrogens (tertiary/aromatic N) is 2. The molecule has 154 valence electrons. The van der Waals surface area contributed by atoms with Gasteiger partial charge in [0, 0.05) is 19.2 Å². The lowest BCUT2D eigenvalue weighted by Crippen LogP contribution is -2.34. The van der Waals surface area contributed by atoms with E-state index < -0.39 is 4.92 Å². The van der Waals surface area contributed by atoms with Crippen LogP contribution in [-0.2, 0) is 11.3 Å². The van der Waals surface area contributed by atoms with Crippen LogP contribution < -0.4 is 18.9 Å². The number of nitro groups is 1. The first-order valence-corrected chi connectivity index (χ1v) is 9.13. The Morgan fingerprint density at radius 1 is 1.14 bits per heavy atom. The molecule has 29 heavy (non-hydrogen) atoms. The molecule has 0 radical (unpaired) electrons. The van der Waals surface area contributed by atoms with Crippen molar-refractivity contribution in [1.29, 1.82) is 0 Å². The summed E-state index contributed by atoms with van der Waals surface area (Å²) in [6.45, 7) is 3.46. The Morgan fingerprint density at radius 2 is 1.90 bits per heavy atom. The summed E-state index contributed by atoms with van der Waals surface area (Å²) in [7, 11) is 1.43. The van der Waals surface area contributed by atoms with Crippen molar-refractivity contribution in [3.63, 3.8) is 0 Å². The van der Waals surface area contributed by atoms with Gasteiger partial charge in [-0.05, 0) is 30.7 Å². The molecule has 9 heteroatoms. The molecule has 0 unspecified atom stereocenters. The summed E-state index contributed by atoms with van der Waals surface area (Å²) in [6, 6.07) is 9.55. The van der Waals surface area contributed by atoms with E-state index in [1.54, 1.807) is 4.90 Å². The molecule has 3 rings (SSSR count). The fourth-order valence-corrected chi connectivity index (χ4v) is 2.91. The molecule has 0 spiro atoms. The molecule has 0 N–H and O–H groups in total. The van der Waals surface area contributed by atoms with Crippen LogP contribution >= 0.6 is 0 Å². The van der Waals surface area contributed by atoms with Crippen LogP contribution in [0.5, 0.6) is 23.0 Å². The first-order valence-electron chi connectivity index (χ1n) is 9.13. The Kier molecular flexibility index (Phi) is 6.38. The van der Waals surface area contributed by atoms with Crippen LogP contribution in [0.1, 0.15) is 12.5 Å². The summed E-state index contributed by atoms with van der Waals surface area (Å²) in [4.78, 5) is 24.7. The molecule has 1 amide bonds. The van der Waals surface area contributed by atoms with Crippen LogP contribution in [0.25, 0.3) is 0 Å². The minimum atomic E-state index is -0.533. The standard InChI is InChI=1S/C20H22N2O7/c1-3-21(12-14-4-6-17-18(10-14)28-9-8-27-17)20(23)13-29-19-11-15(22(24)25)5-7-16(19)26-2/h4-7,10-11H,3,8-9,12-13H2,1-2H3. The molecule has 0 aromatic heterocycles. The highest BCUT2D eigenvalue weighted by Gasteiger charge is 2.18. The summed E-state index contributed by atoms with van der Waals surface area (Å²) in [5, 5.41) is 11.0. The SMILES string of the molecule is CCN(Cc1ccc2c(c1)OCCO2)C(=O)COc1cc([N+](=O)[O-])ccc1OC. The molecule has 0 aliphatic carbocycles. The second kappa shape index (κ2) is 9.13. The van der Waals surface area contributed by atoms with Crippen molar-refractivity contribution in [2.24, 2.45) is 0 Å². The number of non-ortho nitro benzene ring substituents is 1. The topological polar surface area (TPSA) is 100 Å². The third-order valence-electron chi connectivity index (χ3n) is 4.42. The van der Waals surface area contributed by atoms with Gasteiger partial charge < -0.3 is 23.8 Å². The molecule has 9 nitrogen and oxygen atoms in total. The summed E-state index contributed by atoms with van der Waals surface area (Å²) in [5.41, 5.74) is 0.759. The number of fused-ring (bicyclic) bond motifs is 1. The number of hydrogen-bond acceptors (Lipinski definition) is 7. The third-order valence-corrected chi connectivity index (χ3v) is 4.42. The fourth-order valence-electron chi connectivity index (χ4n) is 2.91. The lowest BCUT2D eigenvalue weighted by molar-refractivity contribution is -0.385. The summed E-state index contributed by atoms with van der Waals surface area (Å²) in [6.07, 6.45) is 0. The van der Waals surface area contributed by atoms with Gasteiger partial charge in [0.1, 0.15) is 13.2 Å². The van der Waals surface area contributed by atoms with Crippen molar-refractivity contribution in [2.75, 3.05) is 33.5 Å². The van der Waals surface area contributed by atoms with E-state index in [-0.39, 0.29) is 24.0 Å². The predicted molar refractivity (Wildman–Crippen MR) is 104 cm³/mol.